The molecule has 0 aliphatic heterocycles. The van der Waals surface area contributed by atoms with Crippen molar-refractivity contribution in [2.75, 3.05) is 20.2 Å². The number of phenols is 1. The summed E-state index contributed by atoms with van der Waals surface area (Å²) in [6.45, 7) is 8.29. The molecule has 0 bridgehead atoms. The van der Waals surface area contributed by atoms with Gasteiger partial charge in [0.05, 0.1) is 0 Å². The van der Waals surface area contributed by atoms with Crippen molar-refractivity contribution in [1.82, 2.24) is 4.90 Å². The highest BCUT2D eigenvalue weighted by molar-refractivity contribution is 5.40. The lowest BCUT2D eigenvalue weighted by atomic mass is 10.0. The Kier molecular flexibility index (Phi) is 5.45. The minimum absolute atomic E-state index is 0.370. The SMILES string of the molecule is Cc1cccc(OCCN(C)Cc2cc(C)c(C)cc2O)c1. The van der Waals surface area contributed by atoms with Crippen LogP contribution in [0.2, 0.25) is 0 Å². The number of likely N-dealkylation sites (N-methyl/N-ethyl adjacent to an activating group) is 1. The zero-order valence-electron chi connectivity index (χ0n) is 13.9. The molecule has 0 aliphatic carbocycles. The first-order valence-corrected chi connectivity index (χ1v) is 7.63. The average molecular weight is 299 g/mol. The predicted molar refractivity (Wildman–Crippen MR) is 90.6 cm³/mol. The first-order chi connectivity index (χ1) is 10.5. The number of aromatic hydroxyl groups is 1. The van der Waals surface area contributed by atoms with Gasteiger partial charge in [0.25, 0.3) is 0 Å². The van der Waals surface area contributed by atoms with Gasteiger partial charge < -0.3 is 9.84 Å². The molecule has 2 aromatic rings. The van der Waals surface area contributed by atoms with Crippen LogP contribution in [0, 0.1) is 20.8 Å². The summed E-state index contributed by atoms with van der Waals surface area (Å²) in [4.78, 5) is 2.15. The maximum absolute atomic E-state index is 10.0. The van der Waals surface area contributed by atoms with Crippen molar-refractivity contribution in [3.05, 3.63) is 58.7 Å². The number of aryl methyl sites for hydroxylation is 3. The molecule has 2 rings (SSSR count). The fourth-order valence-corrected chi connectivity index (χ4v) is 2.38. The molecular weight excluding hydrogens is 274 g/mol. The number of ether oxygens (including phenoxy) is 1. The van der Waals surface area contributed by atoms with E-state index in [0.29, 0.717) is 18.9 Å². The maximum atomic E-state index is 10.0. The molecule has 0 aromatic heterocycles. The van der Waals surface area contributed by atoms with Crippen LogP contribution in [0.3, 0.4) is 0 Å². The van der Waals surface area contributed by atoms with Gasteiger partial charge in [-0.2, -0.15) is 0 Å². The molecule has 0 aliphatic rings. The van der Waals surface area contributed by atoms with E-state index in [2.05, 4.69) is 30.9 Å². The Labute approximate surface area is 133 Å². The van der Waals surface area contributed by atoms with Crippen LogP contribution in [0.25, 0.3) is 0 Å². The van der Waals surface area contributed by atoms with Gasteiger partial charge in [0, 0.05) is 18.7 Å². The summed E-state index contributed by atoms with van der Waals surface area (Å²) >= 11 is 0. The molecule has 0 atom stereocenters. The molecule has 0 saturated heterocycles. The van der Waals surface area contributed by atoms with Crippen LogP contribution in [0.4, 0.5) is 0 Å². The van der Waals surface area contributed by atoms with Crippen LogP contribution in [0.5, 0.6) is 11.5 Å². The topological polar surface area (TPSA) is 32.7 Å². The van der Waals surface area contributed by atoms with Gasteiger partial charge in [-0.15, -0.1) is 0 Å². The molecule has 3 nitrogen and oxygen atoms in total. The molecule has 0 fully saturated rings. The van der Waals surface area contributed by atoms with Crippen LogP contribution < -0.4 is 4.74 Å². The van der Waals surface area contributed by atoms with Crippen molar-refractivity contribution in [3.8, 4) is 11.5 Å². The van der Waals surface area contributed by atoms with Crippen LogP contribution in [0.15, 0.2) is 36.4 Å². The number of benzene rings is 2. The van der Waals surface area contributed by atoms with E-state index in [1.807, 2.05) is 38.2 Å². The second-order valence-corrected chi connectivity index (χ2v) is 5.97. The molecule has 118 valence electrons. The van der Waals surface area contributed by atoms with E-state index in [9.17, 15) is 5.11 Å². The Morgan fingerprint density at radius 3 is 2.50 bits per heavy atom. The van der Waals surface area contributed by atoms with Gasteiger partial charge in [-0.25, -0.2) is 0 Å². The third kappa shape index (κ3) is 4.50. The lowest BCUT2D eigenvalue weighted by Crippen LogP contribution is -2.24. The summed E-state index contributed by atoms with van der Waals surface area (Å²) in [5, 5.41) is 10.0. The van der Waals surface area contributed by atoms with Gasteiger partial charge in [-0.05, 0) is 62.7 Å². The Hall–Kier alpha value is -2.00. The van der Waals surface area contributed by atoms with E-state index in [-0.39, 0.29) is 0 Å². The predicted octanol–water partition coefficient (Wildman–Crippen LogP) is 3.83. The van der Waals surface area contributed by atoms with Crippen molar-refractivity contribution in [1.29, 1.82) is 0 Å². The van der Waals surface area contributed by atoms with E-state index in [1.165, 1.54) is 11.1 Å². The Bertz CT molecular complexity index is 637. The Morgan fingerprint density at radius 2 is 1.77 bits per heavy atom. The summed E-state index contributed by atoms with van der Waals surface area (Å²) in [6, 6.07) is 12.0. The van der Waals surface area contributed by atoms with Crippen molar-refractivity contribution < 1.29 is 9.84 Å². The molecule has 0 radical (unpaired) electrons. The number of phenolic OH excluding ortho intramolecular Hbond substituents is 1. The molecule has 0 unspecified atom stereocenters. The summed E-state index contributed by atoms with van der Waals surface area (Å²) in [5.41, 5.74) is 4.48. The van der Waals surface area contributed by atoms with Crippen molar-refractivity contribution in [2.24, 2.45) is 0 Å². The summed E-state index contributed by atoms with van der Waals surface area (Å²) < 4.78 is 5.76. The van der Waals surface area contributed by atoms with E-state index >= 15 is 0 Å². The molecule has 0 saturated carbocycles. The third-order valence-corrected chi connectivity index (χ3v) is 3.87. The van der Waals surface area contributed by atoms with Gasteiger partial charge >= 0.3 is 0 Å². The van der Waals surface area contributed by atoms with Crippen LogP contribution in [0.1, 0.15) is 22.3 Å². The molecule has 3 heteroatoms. The highest BCUT2D eigenvalue weighted by Gasteiger charge is 2.07. The number of rotatable bonds is 6. The largest absolute Gasteiger partial charge is 0.508 e. The van der Waals surface area contributed by atoms with Gasteiger partial charge in [-0.3, -0.25) is 4.90 Å². The summed E-state index contributed by atoms with van der Waals surface area (Å²) in [7, 11) is 2.04. The zero-order valence-corrected chi connectivity index (χ0v) is 13.9. The normalized spacial score (nSPS) is 11.0. The maximum Gasteiger partial charge on any atom is 0.120 e. The quantitative estimate of drug-likeness (QED) is 0.880. The second-order valence-electron chi connectivity index (χ2n) is 5.97. The van der Waals surface area contributed by atoms with Crippen LogP contribution in [-0.2, 0) is 6.54 Å². The first kappa shape index (κ1) is 16.4. The van der Waals surface area contributed by atoms with Crippen molar-refractivity contribution >= 4 is 0 Å². The number of hydrogen-bond donors (Lipinski definition) is 1. The van der Waals surface area contributed by atoms with Crippen molar-refractivity contribution in [2.45, 2.75) is 27.3 Å². The smallest absolute Gasteiger partial charge is 0.120 e. The Balaban J connectivity index is 1.85. The zero-order chi connectivity index (χ0) is 16.1. The first-order valence-electron chi connectivity index (χ1n) is 7.63. The second kappa shape index (κ2) is 7.32. The lowest BCUT2D eigenvalue weighted by molar-refractivity contribution is 0.231. The van der Waals surface area contributed by atoms with Gasteiger partial charge in [0.2, 0.25) is 0 Å². The van der Waals surface area contributed by atoms with Gasteiger partial charge in [0.1, 0.15) is 18.1 Å². The highest BCUT2D eigenvalue weighted by Crippen LogP contribution is 2.23. The van der Waals surface area contributed by atoms with E-state index in [1.54, 1.807) is 0 Å². The lowest BCUT2D eigenvalue weighted by Gasteiger charge is -2.18. The fourth-order valence-electron chi connectivity index (χ4n) is 2.38. The minimum Gasteiger partial charge on any atom is -0.508 e. The van der Waals surface area contributed by atoms with E-state index < -0.39 is 0 Å². The number of nitrogens with zero attached hydrogens (tertiary/aromatic N) is 1. The van der Waals surface area contributed by atoms with E-state index in [0.717, 1.165) is 23.4 Å². The van der Waals surface area contributed by atoms with Crippen LogP contribution in [-0.4, -0.2) is 30.2 Å². The monoisotopic (exact) mass is 299 g/mol. The molecule has 1 N–H and O–H groups in total. The van der Waals surface area contributed by atoms with Crippen molar-refractivity contribution in [3.63, 3.8) is 0 Å². The standard InChI is InChI=1S/C19H25NO2/c1-14-6-5-7-18(10-14)22-9-8-20(4)13-17-11-15(2)16(3)12-19(17)21/h5-7,10-12,21H,8-9,13H2,1-4H3. The highest BCUT2D eigenvalue weighted by atomic mass is 16.5. The molecule has 0 amide bonds. The fraction of sp³-hybridized carbons (Fsp3) is 0.368. The van der Waals surface area contributed by atoms with Gasteiger partial charge in [0.15, 0.2) is 0 Å². The molecule has 22 heavy (non-hydrogen) atoms. The summed E-state index contributed by atoms with van der Waals surface area (Å²) in [6.07, 6.45) is 0. The average Bonchev–Trinajstić information content (AvgIpc) is 2.45. The number of hydrogen-bond acceptors (Lipinski definition) is 3. The van der Waals surface area contributed by atoms with Gasteiger partial charge in [-0.1, -0.05) is 18.2 Å². The third-order valence-electron chi connectivity index (χ3n) is 3.87. The van der Waals surface area contributed by atoms with Crippen LogP contribution >= 0.6 is 0 Å². The Morgan fingerprint density at radius 1 is 1.05 bits per heavy atom. The molecular formula is C19H25NO2. The molecule has 0 heterocycles. The molecule has 0 spiro atoms. The van der Waals surface area contributed by atoms with E-state index in [4.69, 9.17) is 4.74 Å². The molecule has 2 aromatic carbocycles. The minimum atomic E-state index is 0.370. The summed E-state index contributed by atoms with van der Waals surface area (Å²) in [5.74, 6) is 1.27.